The van der Waals surface area contributed by atoms with E-state index < -0.39 is 29.3 Å². The number of fused-ring (bicyclic) bond motifs is 1. The van der Waals surface area contributed by atoms with Crippen LogP contribution in [-0.4, -0.2) is 78.2 Å². The molecule has 1 unspecified atom stereocenters. The maximum atomic E-state index is 15.5. The number of urea groups is 1. The lowest BCUT2D eigenvalue weighted by molar-refractivity contribution is -0.183. The second kappa shape index (κ2) is 17.5. The number of likely N-dealkylation sites (tertiary alicyclic amines) is 1. The molecular formula is C37H53F2N7O4. The van der Waals surface area contributed by atoms with Gasteiger partial charge in [-0.1, -0.05) is 53.7 Å². The summed E-state index contributed by atoms with van der Waals surface area (Å²) in [7, 11) is 0. The van der Waals surface area contributed by atoms with Gasteiger partial charge in [-0.25, -0.2) is 23.6 Å². The van der Waals surface area contributed by atoms with Crippen molar-refractivity contribution in [3.8, 4) is 0 Å². The molecule has 0 saturated carbocycles. The van der Waals surface area contributed by atoms with E-state index in [-0.39, 0.29) is 29.3 Å². The van der Waals surface area contributed by atoms with Crippen molar-refractivity contribution < 1.29 is 28.0 Å². The Morgan fingerprint density at radius 1 is 1.08 bits per heavy atom. The molecule has 2 saturated heterocycles. The largest absolute Gasteiger partial charge is 0.387 e. The van der Waals surface area contributed by atoms with Crippen LogP contribution in [0, 0.1) is 23.6 Å². The number of hydrogen-bond acceptors (Lipinski definition) is 7. The Bertz CT molecular complexity index is 1550. The summed E-state index contributed by atoms with van der Waals surface area (Å²) >= 11 is 0. The van der Waals surface area contributed by atoms with Gasteiger partial charge >= 0.3 is 6.03 Å². The summed E-state index contributed by atoms with van der Waals surface area (Å²) in [6.07, 6.45) is 6.77. The van der Waals surface area contributed by atoms with E-state index in [4.69, 9.17) is 10.6 Å². The molecule has 4 aliphatic rings. The fourth-order valence-electron chi connectivity index (χ4n) is 5.60. The van der Waals surface area contributed by atoms with Gasteiger partial charge in [0.25, 0.3) is 0 Å². The molecule has 1 aromatic rings. The number of rotatable bonds is 7. The summed E-state index contributed by atoms with van der Waals surface area (Å²) in [6, 6.07) is 3.55. The number of allylic oxidation sites excluding steroid dienone is 2. The second-order valence-corrected chi connectivity index (χ2v) is 13.8. The first kappa shape index (κ1) is 40.0. The molecule has 1 aromatic carbocycles. The lowest BCUT2D eigenvalue weighted by Crippen LogP contribution is -2.44. The summed E-state index contributed by atoms with van der Waals surface area (Å²) in [6.45, 7) is 18.6. The molecule has 0 radical (unpaired) electrons. The third-order valence-corrected chi connectivity index (χ3v) is 8.08. The molecule has 3 amide bonds. The van der Waals surface area contributed by atoms with Crippen LogP contribution >= 0.6 is 0 Å². The number of benzene rings is 1. The average molecular weight is 698 g/mol. The van der Waals surface area contributed by atoms with E-state index in [0.29, 0.717) is 67.4 Å². The molecule has 0 aromatic heterocycles. The van der Waals surface area contributed by atoms with Crippen molar-refractivity contribution in [1.29, 1.82) is 0 Å². The zero-order chi connectivity index (χ0) is 37.3. The summed E-state index contributed by atoms with van der Waals surface area (Å²) < 4.78 is 30.9. The van der Waals surface area contributed by atoms with Gasteiger partial charge in [-0.2, -0.15) is 0 Å². The van der Waals surface area contributed by atoms with Crippen molar-refractivity contribution >= 4 is 41.7 Å². The van der Waals surface area contributed by atoms with Gasteiger partial charge in [0.2, 0.25) is 5.91 Å². The van der Waals surface area contributed by atoms with Gasteiger partial charge in [-0.15, -0.1) is 0 Å². The number of carbonyl (C=O) groups is 3. The smallest absolute Gasteiger partial charge is 0.348 e. The van der Waals surface area contributed by atoms with Gasteiger partial charge in [-0.3, -0.25) is 19.5 Å². The van der Waals surface area contributed by atoms with Crippen LogP contribution in [0.2, 0.25) is 0 Å². The van der Waals surface area contributed by atoms with E-state index >= 15 is 8.78 Å². The van der Waals surface area contributed by atoms with Crippen LogP contribution in [-0.2, 0) is 14.4 Å². The van der Waals surface area contributed by atoms with Crippen LogP contribution in [0.3, 0.4) is 0 Å². The molecule has 50 heavy (non-hydrogen) atoms. The zero-order valence-electron chi connectivity index (χ0n) is 30.8. The molecule has 0 spiro atoms. The standard InChI is InChI=1S/C31H39F2N7O3.C4H8O.C2H6/c1-18(2)29(41)37-27(34)19-10-12-38(13-11-19)28-25-22(32)8-7-21(26(25)35-17-36-28)20-6-9-24(23(33)16-20)39-14-15-40(30(39)42)43-31(3,4)5;1-4(2)3-5;1-2/h6-9,16-19,26H,10-15H2,1-5H3,(H,35,36)(H2,34,37,41);3-4H,1-2H3;1-2H3. The molecule has 3 aliphatic heterocycles. The highest BCUT2D eigenvalue weighted by atomic mass is 19.1. The molecule has 274 valence electrons. The minimum Gasteiger partial charge on any atom is -0.387 e. The van der Waals surface area contributed by atoms with Crippen LogP contribution in [0.5, 0.6) is 0 Å². The summed E-state index contributed by atoms with van der Waals surface area (Å²) in [5, 5.41) is 4.37. The van der Waals surface area contributed by atoms with Gasteiger partial charge in [0.15, 0.2) is 0 Å². The summed E-state index contributed by atoms with van der Waals surface area (Å²) in [5.74, 6) is -0.326. The van der Waals surface area contributed by atoms with Gasteiger partial charge in [0.1, 0.15) is 35.6 Å². The van der Waals surface area contributed by atoms with Crippen LogP contribution in [0.15, 0.2) is 57.6 Å². The van der Waals surface area contributed by atoms with Gasteiger partial charge < -0.3 is 20.7 Å². The number of halogens is 2. The Morgan fingerprint density at radius 3 is 2.28 bits per heavy atom. The SMILES string of the molecule is CC.CC(C)C(=O)N=C(N)C1CCN(C2=C3C(F)=CC=C(c4ccc(N5CCN(OC(C)(C)C)C5=O)c(F)c4)C3N=CN2)CC1.CC(C)C=O. The number of piperidine rings is 1. The number of nitrogens with zero attached hydrogens (tertiary/aromatic N) is 5. The Balaban J connectivity index is 0.000000887. The third kappa shape index (κ3) is 9.86. The summed E-state index contributed by atoms with van der Waals surface area (Å²) in [4.78, 5) is 52.1. The monoisotopic (exact) mass is 697 g/mol. The molecule has 1 atom stereocenters. The quantitative estimate of drug-likeness (QED) is 0.192. The van der Waals surface area contributed by atoms with Crippen LogP contribution in [0.4, 0.5) is 19.3 Å². The first-order chi connectivity index (χ1) is 23.6. The molecule has 13 heteroatoms. The van der Waals surface area contributed by atoms with Crippen molar-refractivity contribution in [2.24, 2.45) is 33.5 Å². The first-order valence-electron chi connectivity index (χ1n) is 17.4. The number of aldehydes is 1. The molecule has 5 rings (SSSR count). The van der Waals surface area contributed by atoms with Crippen LogP contribution in [0.1, 0.15) is 80.7 Å². The Morgan fingerprint density at radius 2 is 1.72 bits per heavy atom. The van der Waals surface area contributed by atoms with Crippen molar-refractivity contribution in [2.75, 3.05) is 31.1 Å². The Hall–Kier alpha value is -4.39. The number of amidine groups is 1. The predicted octanol–water partition coefficient (Wildman–Crippen LogP) is 6.38. The number of anilines is 1. The molecule has 3 heterocycles. The molecule has 1 aliphatic carbocycles. The van der Waals surface area contributed by atoms with Crippen molar-refractivity contribution in [3.63, 3.8) is 0 Å². The lowest BCUT2D eigenvalue weighted by Gasteiger charge is -2.38. The van der Waals surface area contributed by atoms with Gasteiger partial charge in [-0.05, 0) is 63.0 Å². The van der Waals surface area contributed by atoms with Crippen molar-refractivity contribution in [3.05, 3.63) is 59.0 Å². The number of aliphatic imine (C=N–C) groups is 2. The molecule has 11 nitrogen and oxygen atoms in total. The predicted molar refractivity (Wildman–Crippen MR) is 194 cm³/mol. The number of nitrogens with two attached hydrogens (primary N) is 1. The highest BCUT2D eigenvalue weighted by molar-refractivity contribution is 5.95. The van der Waals surface area contributed by atoms with Crippen molar-refractivity contribution in [1.82, 2.24) is 15.3 Å². The van der Waals surface area contributed by atoms with Gasteiger partial charge in [0, 0.05) is 37.4 Å². The van der Waals surface area contributed by atoms with Crippen LogP contribution < -0.4 is 16.0 Å². The maximum absolute atomic E-state index is 15.5. The van der Waals surface area contributed by atoms with Crippen molar-refractivity contribution in [2.45, 2.75) is 86.8 Å². The van der Waals surface area contributed by atoms with Crippen LogP contribution in [0.25, 0.3) is 5.57 Å². The van der Waals surface area contributed by atoms with E-state index in [0.717, 1.165) is 6.29 Å². The topological polar surface area (TPSA) is 133 Å². The highest BCUT2D eigenvalue weighted by Crippen LogP contribution is 2.39. The minimum atomic E-state index is -0.677. The maximum Gasteiger partial charge on any atom is 0.348 e. The highest BCUT2D eigenvalue weighted by Gasteiger charge is 2.37. The molecule has 2 fully saturated rings. The fourth-order valence-corrected chi connectivity index (χ4v) is 5.60. The zero-order valence-corrected chi connectivity index (χ0v) is 30.8. The normalized spacial score (nSPS) is 19.7. The van der Waals surface area contributed by atoms with Gasteiger partial charge in [0.05, 0.1) is 29.7 Å². The number of hydroxylamine groups is 2. The van der Waals surface area contributed by atoms with E-state index in [2.05, 4.69) is 15.3 Å². The molecule has 0 bridgehead atoms. The number of hydrogen-bond donors (Lipinski definition) is 2. The first-order valence-corrected chi connectivity index (χ1v) is 17.4. The third-order valence-electron chi connectivity index (χ3n) is 8.08. The second-order valence-electron chi connectivity index (χ2n) is 13.8. The van der Waals surface area contributed by atoms with E-state index in [1.807, 2.05) is 53.4 Å². The number of nitrogens with one attached hydrogen (secondary N) is 1. The average Bonchev–Trinajstić information content (AvgIpc) is 3.43. The van der Waals surface area contributed by atoms with E-state index in [9.17, 15) is 14.4 Å². The lowest BCUT2D eigenvalue weighted by atomic mass is 9.87. The number of carbonyl (C=O) groups excluding carboxylic acids is 3. The Kier molecular flexibility index (Phi) is 14.0. The molecular weight excluding hydrogens is 644 g/mol. The number of amides is 3. The summed E-state index contributed by atoms with van der Waals surface area (Å²) in [5.41, 5.74) is 7.30. The molecule has 3 N–H and O–H groups in total. The van der Waals surface area contributed by atoms with E-state index in [1.54, 1.807) is 32.1 Å². The Labute approximate surface area is 295 Å². The minimum absolute atomic E-state index is 0.0316. The fraction of sp³-hybridized carbons (Fsp3) is 0.541. The van der Waals surface area contributed by atoms with E-state index in [1.165, 1.54) is 28.4 Å².